The second-order valence-corrected chi connectivity index (χ2v) is 6.71. The Kier molecular flexibility index (Phi) is 5.48. The molecule has 0 aromatic heterocycles. The van der Waals surface area contributed by atoms with Crippen molar-refractivity contribution >= 4 is 31.9 Å². The van der Waals surface area contributed by atoms with E-state index in [4.69, 9.17) is 5.73 Å². The van der Waals surface area contributed by atoms with Crippen molar-refractivity contribution in [3.8, 4) is 0 Å². The quantitative estimate of drug-likeness (QED) is 0.831. The Morgan fingerprint density at radius 2 is 1.88 bits per heavy atom. The molecule has 2 N–H and O–H groups in total. The fourth-order valence-electron chi connectivity index (χ4n) is 1.72. The number of nitrogens with two attached hydrogens (primary N) is 1. The normalized spacial score (nSPS) is 11.8. The fourth-order valence-corrected chi connectivity index (χ4v) is 2.58. The molecule has 0 unspecified atom stereocenters. The van der Waals surface area contributed by atoms with Gasteiger partial charge < -0.3 is 5.73 Å². The SMILES string of the molecule is CC(C)(CCN)CCc1cc(Br)ccc1Br. The van der Waals surface area contributed by atoms with Gasteiger partial charge in [-0.2, -0.15) is 0 Å². The van der Waals surface area contributed by atoms with E-state index in [-0.39, 0.29) is 0 Å². The van der Waals surface area contributed by atoms with Crippen molar-refractivity contribution in [2.24, 2.45) is 11.1 Å². The predicted octanol–water partition coefficient (Wildman–Crippen LogP) is 4.52. The maximum Gasteiger partial charge on any atom is 0.0208 e. The summed E-state index contributed by atoms with van der Waals surface area (Å²) in [5, 5.41) is 0. The molecule has 1 aromatic rings. The average molecular weight is 349 g/mol. The smallest absolute Gasteiger partial charge is 0.0208 e. The maximum absolute atomic E-state index is 5.62. The molecule has 0 saturated heterocycles. The zero-order valence-electron chi connectivity index (χ0n) is 9.89. The molecule has 0 fully saturated rings. The third kappa shape index (κ3) is 4.56. The third-order valence-corrected chi connectivity index (χ3v) is 4.17. The molecule has 3 heteroatoms. The lowest BCUT2D eigenvalue weighted by molar-refractivity contribution is 0.313. The first-order chi connectivity index (χ1) is 7.44. The Bertz CT molecular complexity index is 348. The summed E-state index contributed by atoms with van der Waals surface area (Å²) in [6, 6.07) is 6.33. The molecule has 0 spiro atoms. The molecular weight excluding hydrogens is 330 g/mol. The molecule has 0 aliphatic carbocycles. The van der Waals surface area contributed by atoms with Crippen molar-refractivity contribution in [3.05, 3.63) is 32.7 Å². The highest BCUT2D eigenvalue weighted by Crippen LogP contribution is 2.29. The van der Waals surface area contributed by atoms with Crippen LogP contribution in [0.1, 0.15) is 32.3 Å². The maximum atomic E-state index is 5.62. The summed E-state index contributed by atoms with van der Waals surface area (Å²) in [5.41, 5.74) is 7.31. The van der Waals surface area contributed by atoms with E-state index in [1.54, 1.807) is 0 Å². The van der Waals surface area contributed by atoms with Gasteiger partial charge in [0, 0.05) is 8.95 Å². The largest absolute Gasteiger partial charge is 0.330 e. The van der Waals surface area contributed by atoms with Gasteiger partial charge in [0.2, 0.25) is 0 Å². The molecule has 90 valence electrons. The van der Waals surface area contributed by atoms with Crippen LogP contribution in [0.2, 0.25) is 0 Å². The minimum atomic E-state index is 0.330. The van der Waals surface area contributed by atoms with E-state index < -0.39 is 0 Å². The molecule has 1 aromatic carbocycles. The van der Waals surface area contributed by atoms with E-state index >= 15 is 0 Å². The van der Waals surface area contributed by atoms with Gasteiger partial charge in [-0.15, -0.1) is 0 Å². The summed E-state index contributed by atoms with van der Waals surface area (Å²) in [4.78, 5) is 0. The molecule has 0 aliphatic rings. The van der Waals surface area contributed by atoms with Crippen molar-refractivity contribution in [1.29, 1.82) is 0 Å². The van der Waals surface area contributed by atoms with Crippen molar-refractivity contribution in [1.82, 2.24) is 0 Å². The molecule has 0 bridgehead atoms. The van der Waals surface area contributed by atoms with Crippen LogP contribution in [0, 0.1) is 5.41 Å². The third-order valence-electron chi connectivity index (χ3n) is 2.90. The first-order valence-corrected chi connectivity index (χ1v) is 7.17. The second-order valence-electron chi connectivity index (χ2n) is 4.94. The van der Waals surface area contributed by atoms with Gasteiger partial charge in [-0.1, -0.05) is 45.7 Å². The van der Waals surface area contributed by atoms with Gasteiger partial charge in [0.25, 0.3) is 0 Å². The molecular formula is C13H19Br2N. The van der Waals surface area contributed by atoms with Gasteiger partial charge in [0.05, 0.1) is 0 Å². The van der Waals surface area contributed by atoms with Crippen molar-refractivity contribution in [2.45, 2.75) is 33.1 Å². The van der Waals surface area contributed by atoms with E-state index in [1.807, 2.05) is 0 Å². The first kappa shape index (κ1) is 14.2. The zero-order valence-corrected chi connectivity index (χ0v) is 13.1. The minimum Gasteiger partial charge on any atom is -0.330 e. The summed E-state index contributed by atoms with van der Waals surface area (Å²) in [7, 11) is 0. The molecule has 0 heterocycles. The zero-order chi connectivity index (χ0) is 12.2. The number of rotatable bonds is 5. The van der Waals surface area contributed by atoms with Gasteiger partial charge in [0.1, 0.15) is 0 Å². The summed E-state index contributed by atoms with van der Waals surface area (Å²) in [5.74, 6) is 0. The topological polar surface area (TPSA) is 26.0 Å². The summed E-state index contributed by atoms with van der Waals surface area (Å²) in [6.45, 7) is 5.34. The number of halogens is 2. The standard InChI is InChI=1S/C13H19Br2N/c1-13(2,7-8-16)6-5-10-9-11(14)3-4-12(10)15/h3-4,9H,5-8,16H2,1-2H3. The molecule has 0 saturated carbocycles. The van der Waals surface area contributed by atoms with Crippen molar-refractivity contribution < 1.29 is 0 Å². The van der Waals surface area contributed by atoms with E-state index in [1.165, 1.54) is 16.5 Å². The minimum absolute atomic E-state index is 0.330. The summed E-state index contributed by atoms with van der Waals surface area (Å²) >= 11 is 7.10. The molecule has 1 nitrogen and oxygen atoms in total. The van der Waals surface area contributed by atoms with Gasteiger partial charge in [-0.3, -0.25) is 0 Å². The number of hydrogen-bond donors (Lipinski definition) is 1. The molecule has 1 rings (SSSR count). The number of hydrogen-bond acceptors (Lipinski definition) is 1. The fraction of sp³-hybridized carbons (Fsp3) is 0.538. The molecule has 0 aliphatic heterocycles. The molecule has 0 amide bonds. The van der Waals surface area contributed by atoms with Crippen LogP contribution in [-0.2, 0) is 6.42 Å². The Balaban J connectivity index is 2.63. The monoisotopic (exact) mass is 347 g/mol. The molecule has 0 atom stereocenters. The summed E-state index contributed by atoms with van der Waals surface area (Å²) < 4.78 is 2.33. The van der Waals surface area contributed by atoms with Gasteiger partial charge >= 0.3 is 0 Å². The van der Waals surface area contributed by atoms with Crippen LogP contribution in [0.25, 0.3) is 0 Å². The molecule has 0 radical (unpaired) electrons. The van der Waals surface area contributed by atoms with Crippen LogP contribution < -0.4 is 5.73 Å². The number of benzene rings is 1. The van der Waals surface area contributed by atoms with Crippen LogP contribution in [-0.4, -0.2) is 6.54 Å². The Hall–Kier alpha value is 0.140. The van der Waals surface area contributed by atoms with Crippen LogP contribution in [0.15, 0.2) is 27.1 Å². The van der Waals surface area contributed by atoms with E-state index in [2.05, 4.69) is 63.9 Å². The lowest BCUT2D eigenvalue weighted by Gasteiger charge is -2.24. The highest BCUT2D eigenvalue weighted by Gasteiger charge is 2.17. The van der Waals surface area contributed by atoms with Gasteiger partial charge in [0.15, 0.2) is 0 Å². The van der Waals surface area contributed by atoms with Crippen LogP contribution in [0.3, 0.4) is 0 Å². The lowest BCUT2D eigenvalue weighted by atomic mass is 9.83. The van der Waals surface area contributed by atoms with E-state index in [0.29, 0.717) is 5.41 Å². The van der Waals surface area contributed by atoms with Gasteiger partial charge in [-0.25, -0.2) is 0 Å². The first-order valence-electron chi connectivity index (χ1n) is 5.58. The van der Waals surface area contributed by atoms with E-state index in [9.17, 15) is 0 Å². The Morgan fingerprint density at radius 3 is 2.50 bits per heavy atom. The average Bonchev–Trinajstić information content (AvgIpc) is 2.19. The van der Waals surface area contributed by atoms with E-state index in [0.717, 1.165) is 23.9 Å². The summed E-state index contributed by atoms with van der Waals surface area (Å²) in [6.07, 6.45) is 3.34. The van der Waals surface area contributed by atoms with Crippen LogP contribution >= 0.6 is 31.9 Å². The van der Waals surface area contributed by atoms with Crippen molar-refractivity contribution in [3.63, 3.8) is 0 Å². The van der Waals surface area contributed by atoms with Crippen molar-refractivity contribution in [2.75, 3.05) is 6.54 Å². The second kappa shape index (κ2) is 6.18. The Morgan fingerprint density at radius 1 is 1.19 bits per heavy atom. The Labute approximate surface area is 115 Å². The highest BCUT2D eigenvalue weighted by atomic mass is 79.9. The highest BCUT2D eigenvalue weighted by molar-refractivity contribution is 9.11. The van der Waals surface area contributed by atoms with Crippen LogP contribution in [0.4, 0.5) is 0 Å². The van der Waals surface area contributed by atoms with Crippen LogP contribution in [0.5, 0.6) is 0 Å². The number of aryl methyl sites for hydroxylation is 1. The molecule has 16 heavy (non-hydrogen) atoms. The predicted molar refractivity (Wildman–Crippen MR) is 77.6 cm³/mol. The van der Waals surface area contributed by atoms with Gasteiger partial charge in [-0.05, 0) is 55.0 Å². The lowest BCUT2D eigenvalue weighted by Crippen LogP contribution is -2.17.